The summed E-state index contributed by atoms with van der Waals surface area (Å²) in [5.41, 5.74) is 0. The maximum atomic E-state index is 3.87. The Morgan fingerprint density at radius 1 is 0.611 bits per heavy atom. The lowest BCUT2D eigenvalue weighted by molar-refractivity contribution is 0.599. The summed E-state index contributed by atoms with van der Waals surface area (Å²) >= 11 is 0. The summed E-state index contributed by atoms with van der Waals surface area (Å²) in [6.07, 6.45) is 25.0. The molecule has 0 saturated heterocycles. The van der Waals surface area contributed by atoms with E-state index in [2.05, 4.69) is 38.2 Å². The molecule has 1 radical (unpaired) electrons. The number of allylic oxidation sites excluding steroid dienone is 4. The molecule has 0 heterocycles. The Morgan fingerprint density at radius 2 is 1.06 bits per heavy atom. The Kier molecular flexibility index (Phi) is 16.0. The maximum absolute atomic E-state index is 3.87. The largest absolute Gasteiger partial charge is 0.0917 e. The topological polar surface area (TPSA) is 0 Å². The molecule has 0 spiro atoms. The summed E-state index contributed by atoms with van der Waals surface area (Å²) in [5, 5.41) is 0. The van der Waals surface area contributed by atoms with Crippen LogP contribution in [-0.2, 0) is 0 Å². The zero-order valence-electron chi connectivity index (χ0n) is 12.5. The summed E-state index contributed by atoms with van der Waals surface area (Å²) in [5.74, 6) is 0. The van der Waals surface area contributed by atoms with Gasteiger partial charge in [0.25, 0.3) is 0 Å². The van der Waals surface area contributed by atoms with Crippen molar-refractivity contribution in [2.75, 3.05) is 0 Å². The number of hydrogen-bond donors (Lipinski definition) is 0. The first-order valence-electron chi connectivity index (χ1n) is 7.97. The van der Waals surface area contributed by atoms with E-state index in [4.69, 9.17) is 0 Å². The number of rotatable bonds is 13. The zero-order chi connectivity index (χ0) is 13.3. The molecule has 0 unspecified atom stereocenters. The van der Waals surface area contributed by atoms with E-state index in [9.17, 15) is 0 Å². The molecule has 0 bridgehead atoms. The summed E-state index contributed by atoms with van der Waals surface area (Å²) in [4.78, 5) is 0. The van der Waals surface area contributed by atoms with Crippen LogP contribution in [0, 0.1) is 6.92 Å². The Hall–Kier alpha value is -0.520. The van der Waals surface area contributed by atoms with Crippen LogP contribution in [0.3, 0.4) is 0 Å². The summed E-state index contributed by atoms with van der Waals surface area (Å²) in [7, 11) is 0. The van der Waals surface area contributed by atoms with E-state index in [1.54, 1.807) is 0 Å². The van der Waals surface area contributed by atoms with Crippen LogP contribution in [0.25, 0.3) is 0 Å². The lowest BCUT2D eigenvalue weighted by Gasteiger charge is -1.98. The van der Waals surface area contributed by atoms with Gasteiger partial charge in [0.2, 0.25) is 0 Å². The van der Waals surface area contributed by atoms with Crippen LogP contribution >= 0.6 is 0 Å². The molecule has 0 aromatic carbocycles. The van der Waals surface area contributed by atoms with Gasteiger partial charge < -0.3 is 0 Å². The predicted octanol–water partition coefficient (Wildman–Crippen LogP) is 6.63. The molecular weight excluding hydrogens is 216 g/mol. The average molecular weight is 249 g/mol. The fourth-order valence-corrected chi connectivity index (χ4v) is 2.07. The Labute approximate surface area is 116 Å². The fourth-order valence-electron chi connectivity index (χ4n) is 2.07. The molecule has 0 fully saturated rings. The van der Waals surface area contributed by atoms with Gasteiger partial charge in [-0.1, -0.05) is 69.8 Å². The van der Waals surface area contributed by atoms with Crippen molar-refractivity contribution >= 4 is 0 Å². The molecule has 0 heteroatoms. The van der Waals surface area contributed by atoms with Crippen molar-refractivity contribution in [3.8, 4) is 0 Å². The molecule has 0 atom stereocenters. The molecular formula is C18H33. The molecule has 0 aliphatic heterocycles. The first-order chi connectivity index (χ1) is 8.91. The number of unbranched alkanes of at least 4 members (excludes halogenated alkanes) is 10. The molecule has 105 valence electrons. The van der Waals surface area contributed by atoms with Crippen LogP contribution in [0.15, 0.2) is 24.3 Å². The van der Waals surface area contributed by atoms with Crippen molar-refractivity contribution in [2.24, 2.45) is 0 Å². The second kappa shape index (κ2) is 16.5. The van der Waals surface area contributed by atoms with Gasteiger partial charge in [-0.3, -0.25) is 0 Å². The van der Waals surface area contributed by atoms with Gasteiger partial charge in [0.1, 0.15) is 0 Å². The standard InChI is InChI=1S/C18H33/c1-3-5-7-9-11-13-15-17-18-16-14-12-10-8-6-4-2/h4,6,16,18H,1,3,5,7-15,17H2,2H3. The van der Waals surface area contributed by atoms with Gasteiger partial charge in [-0.15, -0.1) is 0 Å². The molecule has 0 saturated carbocycles. The van der Waals surface area contributed by atoms with E-state index < -0.39 is 0 Å². The van der Waals surface area contributed by atoms with E-state index in [-0.39, 0.29) is 0 Å². The predicted molar refractivity (Wildman–Crippen MR) is 84.7 cm³/mol. The highest BCUT2D eigenvalue weighted by molar-refractivity contribution is 4.82. The number of hydrogen-bond acceptors (Lipinski definition) is 0. The van der Waals surface area contributed by atoms with Crippen LogP contribution in [0.5, 0.6) is 0 Å². The van der Waals surface area contributed by atoms with Crippen LogP contribution < -0.4 is 0 Å². The van der Waals surface area contributed by atoms with Gasteiger partial charge in [0, 0.05) is 0 Å². The van der Waals surface area contributed by atoms with Crippen LogP contribution in [-0.4, -0.2) is 0 Å². The highest BCUT2D eigenvalue weighted by Gasteiger charge is 1.89. The summed E-state index contributed by atoms with van der Waals surface area (Å²) < 4.78 is 0. The summed E-state index contributed by atoms with van der Waals surface area (Å²) in [6, 6.07) is 0. The highest BCUT2D eigenvalue weighted by Crippen LogP contribution is 2.09. The first-order valence-corrected chi connectivity index (χ1v) is 7.97. The van der Waals surface area contributed by atoms with Crippen molar-refractivity contribution < 1.29 is 0 Å². The molecule has 0 aliphatic rings. The Bertz CT molecular complexity index is 188. The zero-order valence-corrected chi connectivity index (χ0v) is 12.5. The third kappa shape index (κ3) is 15.5. The second-order valence-electron chi connectivity index (χ2n) is 5.09. The van der Waals surface area contributed by atoms with Gasteiger partial charge in [-0.05, 0) is 45.4 Å². The van der Waals surface area contributed by atoms with Crippen LogP contribution in [0.4, 0.5) is 0 Å². The Balaban J connectivity index is 3.04. The van der Waals surface area contributed by atoms with E-state index >= 15 is 0 Å². The van der Waals surface area contributed by atoms with Crippen LogP contribution in [0.1, 0.15) is 84.0 Å². The first kappa shape index (κ1) is 17.5. The van der Waals surface area contributed by atoms with Gasteiger partial charge in [0.05, 0.1) is 0 Å². The SMILES string of the molecule is [CH2]CCCCCCCCC=CCCCCC=CC. The third-order valence-electron chi connectivity index (χ3n) is 3.26. The second-order valence-corrected chi connectivity index (χ2v) is 5.09. The molecule has 0 nitrogen and oxygen atoms in total. The summed E-state index contributed by atoms with van der Waals surface area (Å²) in [6.45, 7) is 5.97. The molecule has 18 heavy (non-hydrogen) atoms. The minimum Gasteiger partial charge on any atom is -0.0917 e. The smallest absolute Gasteiger partial charge is 0.0351 e. The molecule has 0 amide bonds. The monoisotopic (exact) mass is 249 g/mol. The van der Waals surface area contributed by atoms with E-state index in [0.29, 0.717) is 0 Å². The quantitative estimate of drug-likeness (QED) is 0.254. The third-order valence-corrected chi connectivity index (χ3v) is 3.26. The molecule has 0 N–H and O–H groups in total. The van der Waals surface area contributed by atoms with E-state index in [1.165, 1.54) is 70.6 Å². The molecule has 0 rings (SSSR count). The van der Waals surface area contributed by atoms with Crippen molar-refractivity contribution in [2.45, 2.75) is 84.0 Å². The van der Waals surface area contributed by atoms with Gasteiger partial charge >= 0.3 is 0 Å². The molecule has 0 aromatic heterocycles. The van der Waals surface area contributed by atoms with Gasteiger partial charge in [0.15, 0.2) is 0 Å². The van der Waals surface area contributed by atoms with Crippen LogP contribution in [0.2, 0.25) is 0 Å². The van der Waals surface area contributed by atoms with Crippen molar-refractivity contribution in [1.29, 1.82) is 0 Å². The van der Waals surface area contributed by atoms with Gasteiger partial charge in [-0.25, -0.2) is 0 Å². The van der Waals surface area contributed by atoms with E-state index in [1.807, 2.05) is 0 Å². The minimum atomic E-state index is 1.11. The van der Waals surface area contributed by atoms with E-state index in [0.717, 1.165) is 6.42 Å². The van der Waals surface area contributed by atoms with Crippen molar-refractivity contribution in [1.82, 2.24) is 0 Å². The molecule has 0 aliphatic carbocycles. The average Bonchev–Trinajstić information content (AvgIpc) is 2.39. The maximum Gasteiger partial charge on any atom is -0.0351 e. The minimum absolute atomic E-state index is 1.11. The van der Waals surface area contributed by atoms with Crippen molar-refractivity contribution in [3.63, 3.8) is 0 Å². The fraction of sp³-hybridized carbons (Fsp3) is 0.722. The normalized spacial score (nSPS) is 11.9. The Morgan fingerprint density at radius 3 is 1.61 bits per heavy atom. The lowest BCUT2D eigenvalue weighted by atomic mass is 10.1. The van der Waals surface area contributed by atoms with Crippen molar-refractivity contribution in [3.05, 3.63) is 31.2 Å². The lowest BCUT2D eigenvalue weighted by Crippen LogP contribution is -1.79. The highest BCUT2D eigenvalue weighted by atomic mass is 14.0. The van der Waals surface area contributed by atoms with Gasteiger partial charge in [-0.2, -0.15) is 0 Å². The molecule has 0 aromatic rings.